The van der Waals surface area contributed by atoms with Crippen molar-refractivity contribution in [3.8, 4) is 11.1 Å². The van der Waals surface area contributed by atoms with E-state index in [0.717, 1.165) is 22.3 Å². The van der Waals surface area contributed by atoms with E-state index in [-0.39, 0.29) is 30.5 Å². The number of carbonyl (C=O) groups is 3. The number of carboxylic acid groups (broad SMARTS) is 1. The van der Waals surface area contributed by atoms with Gasteiger partial charge in [-0.05, 0) is 22.3 Å². The molecule has 10 nitrogen and oxygen atoms in total. The topological polar surface area (TPSA) is 132 Å². The maximum atomic E-state index is 12.6. The van der Waals surface area contributed by atoms with Crippen molar-refractivity contribution in [2.24, 2.45) is 7.05 Å². The van der Waals surface area contributed by atoms with Gasteiger partial charge in [-0.25, -0.2) is 9.59 Å². The zero-order valence-corrected chi connectivity index (χ0v) is 18.6. The van der Waals surface area contributed by atoms with Gasteiger partial charge in [-0.2, -0.15) is 5.10 Å². The number of aryl methyl sites for hydroxylation is 1. The van der Waals surface area contributed by atoms with Gasteiger partial charge in [0.05, 0.1) is 6.61 Å². The van der Waals surface area contributed by atoms with Crippen molar-refractivity contribution in [3.63, 3.8) is 0 Å². The molecule has 4 rings (SSSR count). The summed E-state index contributed by atoms with van der Waals surface area (Å²) in [7, 11) is 2.90. The fraction of sp³-hybridized carbons (Fsp3) is 0.250. The van der Waals surface area contributed by atoms with Gasteiger partial charge in [0.15, 0.2) is 11.9 Å². The largest absolute Gasteiger partial charge is 0.480 e. The lowest BCUT2D eigenvalue weighted by Crippen LogP contribution is -2.43. The Morgan fingerprint density at radius 2 is 1.71 bits per heavy atom. The van der Waals surface area contributed by atoms with Gasteiger partial charge in [-0.1, -0.05) is 48.5 Å². The number of aromatic nitrogens is 2. The maximum Gasteiger partial charge on any atom is 0.412 e. The van der Waals surface area contributed by atoms with Crippen LogP contribution in [0.5, 0.6) is 0 Å². The van der Waals surface area contributed by atoms with Crippen molar-refractivity contribution in [1.29, 1.82) is 0 Å². The molecule has 0 unspecified atom stereocenters. The first-order valence-corrected chi connectivity index (χ1v) is 10.6. The number of hydrogen-bond acceptors (Lipinski definition) is 6. The number of benzene rings is 2. The zero-order valence-electron chi connectivity index (χ0n) is 18.6. The van der Waals surface area contributed by atoms with E-state index in [1.54, 1.807) is 7.05 Å². The summed E-state index contributed by atoms with van der Waals surface area (Å²) in [5, 5.41) is 18.2. The third-order valence-corrected chi connectivity index (χ3v) is 5.57. The molecule has 0 spiro atoms. The van der Waals surface area contributed by atoms with Crippen LogP contribution in [0.3, 0.4) is 0 Å². The second kappa shape index (κ2) is 9.75. The van der Waals surface area contributed by atoms with Crippen molar-refractivity contribution >= 4 is 23.8 Å². The summed E-state index contributed by atoms with van der Waals surface area (Å²) >= 11 is 0. The van der Waals surface area contributed by atoms with E-state index in [2.05, 4.69) is 15.7 Å². The Bertz CT molecular complexity index is 1190. The fourth-order valence-corrected chi connectivity index (χ4v) is 4.06. The lowest BCUT2D eigenvalue weighted by Gasteiger charge is -2.15. The molecule has 1 heterocycles. The molecule has 1 aliphatic carbocycles. The van der Waals surface area contributed by atoms with Crippen LogP contribution >= 0.6 is 0 Å². The van der Waals surface area contributed by atoms with Crippen LogP contribution in [0, 0.1) is 0 Å². The van der Waals surface area contributed by atoms with Gasteiger partial charge in [0.1, 0.15) is 12.2 Å². The molecule has 0 fully saturated rings. The zero-order chi connectivity index (χ0) is 24.2. The smallest absolute Gasteiger partial charge is 0.412 e. The second-order valence-corrected chi connectivity index (χ2v) is 7.84. The fourth-order valence-electron chi connectivity index (χ4n) is 4.06. The second-order valence-electron chi connectivity index (χ2n) is 7.84. The molecule has 0 radical (unpaired) electrons. The number of carboxylic acids is 1. The van der Waals surface area contributed by atoms with Crippen molar-refractivity contribution < 1.29 is 29.0 Å². The minimum atomic E-state index is -1.25. The number of fused-ring (bicyclic) bond motifs is 3. The third-order valence-electron chi connectivity index (χ3n) is 5.57. The lowest BCUT2D eigenvalue weighted by molar-refractivity contribution is -0.140. The van der Waals surface area contributed by atoms with Gasteiger partial charge < -0.3 is 19.9 Å². The number of anilines is 1. The first kappa shape index (κ1) is 23.0. The standard InChI is InChI=1S/C24H24N4O6/c1-28-11-18(22(29)25-20(13-33-2)23(30)31)21(27-28)26-24(32)34-12-19-16-9-5-3-7-14(16)15-8-4-6-10-17(15)19/h3-11,19-20H,12-13H2,1-2H3,(H,25,29)(H,30,31)(H,26,27,32)/t20-/m0/s1. The number of rotatable bonds is 8. The van der Waals surface area contributed by atoms with Gasteiger partial charge in [0.25, 0.3) is 5.91 Å². The number of ether oxygens (including phenoxy) is 2. The van der Waals surface area contributed by atoms with Crippen molar-refractivity contribution in [2.45, 2.75) is 12.0 Å². The quantitative estimate of drug-likeness (QED) is 0.467. The maximum absolute atomic E-state index is 12.6. The summed E-state index contributed by atoms with van der Waals surface area (Å²) in [6.45, 7) is -0.111. The number of methoxy groups -OCH3 is 1. The van der Waals surface area contributed by atoms with Crippen LogP contribution in [0.4, 0.5) is 10.6 Å². The van der Waals surface area contributed by atoms with Crippen LogP contribution in [-0.2, 0) is 21.3 Å². The molecule has 176 valence electrons. The first-order valence-electron chi connectivity index (χ1n) is 10.6. The number of amides is 2. The van der Waals surface area contributed by atoms with E-state index in [0.29, 0.717) is 0 Å². The minimum Gasteiger partial charge on any atom is -0.480 e. The van der Waals surface area contributed by atoms with E-state index < -0.39 is 24.0 Å². The molecule has 1 aliphatic rings. The Kier molecular flexibility index (Phi) is 6.60. The lowest BCUT2D eigenvalue weighted by atomic mass is 9.98. The molecular formula is C24H24N4O6. The van der Waals surface area contributed by atoms with Crippen LogP contribution < -0.4 is 10.6 Å². The average Bonchev–Trinajstić information content (AvgIpc) is 3.34. The SMILES string of the molecule is COC[C@H](NC(=O)c1cn(C)nc1NC(=O)OCC1c2ccccc2-c2ccccc21)C(=O)O. The van der Waals surface area contributed by atoms with Crippen molar-refractivity contribution in [3.05, 3.63) is 71.4 Å². The molecule has 2 amide bonds. The molecule has 0 saturated heterocycles. The molecule has 0 saturated carbocycles. The highest BCUT2D eigenvalue weighted by Crippen LogP contribution is 2.44. The molecule has 34 heavy (non-hydrogen) atoms. The molecule has 3 N–H and O–H groups in total. The summed E-state index contributed by atoms with van der Waals surface area (Å²) in [5.41, 5.74) is 4.37. The van der Waals surface area contributed by atoms with E-state index in [1.807, 2.05) is 48.5 Å². The van der Waals surface area contributed by atoms with Crippen molar-refractivity contribution in [1.82, 2.24) is 15.1 Å². The molecule has 3 aromatic rings. The Hall–Kier alpha value is -4.18. The molecular weight excluding hydrogens is 440 g/mol. The normalized spacial score (nSPS) is 13.0. The number of carbonyl (C=O) groups excluding carboxylic acids is 2. The molecule has 10 heteroatoms. The van der Waals surface area contributed by atoms with Crippen LogP contribution in [0.15, 0.2) is 54.7 Å². The van der Waals surface area contributed by atoms with Gasteiger partial charge >= 0.3 is 12.1 Å². The molecule has 0 bridgehead atoms. The van der Waals surface area contributed by atoms with Gasteiger partial charge in [-0.3, -0.25) is 14.8 Å². The molecule has 1 atom stereocenters. The van der Waals surface area contributed by atoms with E-state index in [4.69, 9.17) is 9.47 Å². The highest BCUT2D eigenvalue weighted by molar-refractivity contribution is 6.02. The number of nitrogens with zero attached hydrogens (tertiary/aromatic N) is 2. The number of nitrogens with one attached hydrogen (secondary N) is 2. The molecule has 0 aliphatic heterocycles. The minimum absolute atomic E-state index is 0.00152. The predicted octanol–water partition coefficient (Wildman–Crippen LogP) is 2.61. The van der Waals surface area contributed by atoms with Gasteiger partial charge in [0, 0.05) is 26.3 Å². The molecule has 1 aromatic heterocycles. The highest BCUT2D eigenvalue weighted by Gasteiger charge is 2.29. The van der Waals surface area contributed by atoms with Gasteiger partial charge in [-0.15, -0.1) is 0 Å². The summed E-state index contributed by atoms with van der Waals surface area (Å²) in [4.78, 5) is 36.5. The van der Waals surface area contributed by atoms with Crippen LogP contribution in [0.1, 0.15) is 27.4 Å². The summed E-state index contributed by atoms with van der Waals surface area (Å²) < 4.78 is 11.7. The van der Waals surface area contributed by atoms with E-state index in [1.165, 1.54) is 18.0 Å². The Morgan fingerprint density at radius 3 is 2.29 bits per heavy atom. The highest BCUT2D eigenvalue weighted by atomic mass is 16.5. The van der Waals surface area contributed by atoms with E-state index in [9.17, 15) is 19.5 Å². The Labute approximate surface area is 195 Å². The third kappa shape index (κ3) is 4.62. The van der Waals surface area contributed by atoms with Gasteiger partial charge in [0.2, 0.25) is 0 Å². The first-order chi connectivity index (χ1) is 16.4. The summed E-state index contributed by atoms with van der Waals surface area (Å²) in [6.07, 6.45) is 0.599. The van der Waals surface area contributed by atoms with Crippen LogP contribution in [0.2, 0.25) is 0 Å². The number of aliphatic carboxylic acids is 1. The Morgan fingerprint density at radius 1 is 1.09 bits per heavy atom. The number of hydrogen-bond donors (Lipinski definition) is 3. The molecule has 2 aromatic carbocycles. The van der Waals surface area contributed by atoms with E-state index >= 15 is 0 Å². The monoisotopic (exact) mass is 464 g/mol. The van der Waals surface area contributed by atoms with Crippen molar-refractivity contribution in [2.75, 3.05) is 25.6 Å². The predicted molar refractivity (Wildman–Crippen MR) is 123 cm³/mol. The summed E-state index contributed by atoms with van der Waals surface area (Å²) in [6, 6.07) is 14.7. The van der Waals surface area contributed by atoms with Crippen LogP contribution in [0.25, 0.3) is 11.1 Å². The van der Waals surface area contributed by atoms with Crippen LogP contribution in [-0.4, -0.2) is 59.2 Å². The summed E-state index contributed by atoms with van der Waals surface area (Å²) in [5.74, 6) is -2.12. The average molecular weight is 464 g/mol. The Balaban J connectivity index is 1.45.